The summed E-state index contributed by atoms with van der Waals surface area (Å²) < 4.78 is 19.5. The van der Waals surface area contributed by atoms with E-state index in [1.807, 2.05) is 30.5 Å². The van der Waals surface area contributed by atoms with Crippen LogP contribution < -0.4 is 0 Å². The van der Waals surface area contributed by atoms with Crippen LogP contribution in [0.2, 0.25) is 0 Å². The molecule has 0 aliphatic carbocycles. The fourth-order valence-corrected chi connectivity index (χ4v) is 4.29. The molecule has 0 bridgehead atoms. The Kier molecular flexibility index (Phi) is 6.39. The Morgan fingerprint density at radius 1 is 1.12 bits per heavy atom. The van der Waals surface area contributed by atoms with Gasteiger partial charge in [0.25, 0.3) is 0 Å². The second-order valence-corrected chi connectivity index (χ2v) is 7.78. The zero-order valence-electron chi connectivity index (χ0n) is 13.9. The van der Waals surface area contributed by atoms with E-state index in [4.69, 9.17) is 9.94 Å². The lowest BCUT2D eigenvalue weighted by molar-refractivity contribution is 0.0852. The monoisotopic (exact) mass is 377 g/mol. The predicted octanol–water partition coefficient (Wildman–Crippen LogP) is 5.37. The second kappa shape index (κ2) is 8.74. The third-order valence-corrected chi connectivity index (χ3v) is 5.89. The van der Waals surface area contributed by atoms with Crippen molar-refractivity contribution < 1.29 is 14.3 Å². The maximum atomic E-state index is 14.1. The van der Waals surface area contributed by atoms with Crippen LogP contribution in [0, 0.1) is 5.82 Å². The summed E-state index contributed by atoms with van der Waals surface area (Å²) in [6.07, 6.45) is 3.75. The first kappa shape index (κ1) is 18.3. The molecule has 6 heteroatoms. The average Bonchev–Trinajstić information content (AvgIpc) is 2.64. The molecule has 3 nitrogen and oxygen atoms in total. The molecular formula is C19H20FNO2S2. The fraction of sp³-hybridized carbons (Fsp3) is 0.316. The highest BCUT2D eigenvalue weighted by atomic mass is 32.2. The summed E-state index contributed by atoms with van der Waals surface area (Å²) in [6.45, 7) is 1.49. The van der Waals surface area contributed by atoms with E-state index >= 15 is 0 Å². The number of rotatable bonds is 4. The van der Waals surface area contributed by atoms with Crippen molar-refractivity contribution in [3.63, 3.8) is 0 Å². The Hall–Kier alpha value is -1.50. The lowest BCUT2D eigenvalue weighted by Gasteiger charge is -2.22. The van der Waals surface area contributed by atoms with Crippen LogP contribution in [-0.2, 0) is 4.74 Å². The number of halogens is 1. The van der Waals surface area contributed by atoms with E-state index in [1.54, 1.807) is 12.1 Å². The number of hydrogen-bond donors (Lipinski definition) is 1. The molecule has 1 heterocycles. The quantitative estimate of drug-likeness (QED) is 0.337. The fourth-order valence-electron chi connectivity index (χ4n) is 2.93. The summed E-state index contributed by atoms with van der Waals surface area (Å²) in [5, 5.41) is 12.8. The van der Waals surface area contributed by atoms with Crippen LogP contribution in [0.5, 0.6) is 0 Å². The maximum absolute atomic E-state index is 14.1. The zero-order chi connectivity index (χ0) is 17.6. The molecule has 132 valence electrons. The average molecular weight is 378 g/mol. The second-order valence-electron chi connectivity index (χ2n) is 5.84. The van der Waals surface area contributed by atoms with Crippen LogP contribution in [0.1, 0.15) is 29.9 Å². The van der Waals surface area contributed by atoms with Crippen LogP contribution in [0.15, 0.2) is 57.4 Å². The third-order valence-electron chi connectivity index (χ3n) is 4.21. The van der Waals surface area contributed by atoms with Gasteiger partial charge in [0, 0.05) is 28.6 Å². The number of ether oxygens (including phenoxy) is 1. The minimum atomic E-state index is -0.194. The Bertz CT molecular complexity index is 744. The van der Waals surface area contributed by atoms with Gasteiger partial charge in [0.15, 0.2) is 0 Å². The van der Waals surface area contributed by atoms with E-state index < -0.39 is 0 Å². The van der Waals surface area contributed by atoms with E-state index in [9.17, 15) is 4.39 Å². The van der Waals surface area contributed by atoms with E-state index in [1.165, 1.54) is 23.5 Å². The highest BCUT2D eigenvalue weighted by molar-refractivity contribution is 8.13. The molecule has 1 fully saturated rings. The molecule has 1 aliphatic rings. The van der Waals surface area contributed by atoms with Crippen molar-refractivity contribution in [1.82, 2.24) is 0 Å². The van der Waals surface area contributed by atoms with Crippen molar-refractivity contribution in [2.24, 2.45) is 5.16 Å². The Labute approximate surface area is 155 Å². The van der Waals surface area contributed by atoms with Crippen molar-refractivity contribution >= 4 is 28.6 Å². The Balaban J connectivity index is 1.77. The van der Waals surface area contributed by atoms with Crippen LogP contribution >= 0.6 is 23.5 Å². The van der Waals surface area contributed by atoms with Gasteiger partial charge < -0.3 is 9.94 Å². The lowest BCUT2D eigenvalue weighted by atomic mass is 9.92. The van der Waals surface area contributed by atoms with Gasteiger partial charge in [0.05, 0.1) is 0 Å². The van der Waals surface area contributed by atoms with Crippen molar-refractivity contribution in [3.05, 3.63) is 59.4 Å². The van der Waals surface area contributed by atoms with Crippen molar-refractivity contribution in [2.45, 2.75) is 28.6 Å². The van der Waals surface area contributed by atoms with Crippen LogP contribution in [0.3, 0.4) is 0 Å². The summed E-state index contributed by atoms with van der Waals surface area (Å²) in [7, 11) is 0. The van der Waals surface area contributed by atoms with E-state index in [0.29, 0.717) is 11.0 Å². The summed E-state index contributed by atoms with van der Waals surface area (Å²) in [6, 6.07) is 13.0. The van der Waals surface area contributed by atoms with E-state index in [0.717, 1.165) is 47.0 Å². The lowest BCUT2D eigenvalue weighted by Crippen LogP contribution is -2.14. The molecule has 1 saturated heterocycles. The van der Waals surface area contributed by atoms with Gasteiger partial charge in [-0.15, -0.1) is 11.8 Å². The summed E-state index contributed by atoms with van der Waals surface area (Å²) >= 11 is 2.92. The van der Waals surface area contributed by atoms with Gasteiger partial charge in [-0.1, -0.05) is 29.1 Å². The standard InChI is InChI=1S/C19H20FNO2S2/c1-24-19(21-22)14-2-4-17(5-3-14)25-18-11-15(10-16(20)12-18)13-6-8-23-9-7-13/h2-5,10-13,22H,6-9H2,1H3/b21-19-. The summed E-state index contributed by atoms with van der Waals surface area (Å²) in [4.78, 5) is 1.92. The largest absolute Gasteiger partial charge is 0.410 e. The predicted molar refractivity (Wildman–Crippen MR) is 102 cm³/mol. The molecule has 0 radical (unpaired) electrons. The van der Waals surface area contributed by atoms with Gasteiger partial charge >= 0.3 is 0 Å². The molecular weight excluding hydrogens is 357 g/mol. The number of nitrogens with zero attached hydrogens (tertiary/aromatic N) is 1. The molecule has 3 rings (SSSR count). The SMILES string of the molecule is CS/C(=N\O)c1ccc(Sc2cc(F)cc(C3CCOCC3)c2)cc1. The molecule has 0 amide bonds. The van der Waals surface area contributed by atoms with Crippen molar-refractivity contribution in [3.8, 4) is 0 Å². The Morgan fingerprint density at radius 2 is 1.84 bits per heavy atom. The topological polar surface area (TPSA) is 41.8 Å². The number of thioether (sulfide) groups is 1. The van der Waals surface area contributed by atoms with Crippen LogP contribution in [-0.4, -0.2) is 29.7 Å². The number of benzene rings is 2. The first-order chi connectivity index (χ1) is 12.2. The third kappa shape index (κ3) is 4.77. The van der Waals surface area contributed by atoms with E-state index in [-0.39, 0.29) is 5.82 Å². The molecule has 1 aliphatic heterocycles. The molecule has 0 saturated carbocycles. The number of oxime groups is 1. The van der Waals surface area contributed by atoms with Gasteiger partial charge in [-0.2, -0.15) is 0 Å². The maximum Gasteiger partial charge on any atom is 0.142 e. The van der Waals surface area contributed by atoms with Gasteiger partial charge in [-0.3, -0.25) is 0 Å². The van der Waals surface area contributed by atoms with Gasteiger partial charge in [-0.05, 0) is 60.9 Å². The highest BCUT2D eigenvalue weighted by Crippen LogP contribution is 2.34. The smallest absolute Gasteiger partial charge is 0.142 e. The molecule has 1 N–H and O–H groups in total. The molecule has 0 unspecified atom stereocenters. The molecule has 25 heavy (non-hydrogen) atoms. The molecule has 0 spiro atoms. The first-order valence-corrected chi connectivity index (χ1v) is 10.2. The summed E-state index contributed by atoms with van der Waals surface area (Å²) in [5.41, 5.74) is 1.92. The van der Waals surface area contributed by atoms with Gasteiger partial charge in [0.2, 0.25) is 0 Å². The van der Waals surface area contributed by atoms with Gasteiger partial charge in [0.1, 0.15) is 10.9 Å². The first-order valence-electron chi connectivity index (χ1n) is 8.12. The van der Waals surface area contributed by atoms with Gasteiger partial charge in [-0.25, -0.2) is 4.39 Å². The molecule has 2 aromatic rings. The zero-order valence-corrected chi connectivity index (χ0v) is 15.6. The van der Waals surface area contributed by atoms with Crippen molar-refractivity contribution in [1.29, 1.82) is 0 Å². The highest BCUT2D eigenvalue weighted by Gasteiger charge is 2.17. The minimum Gasteiger partial charge on any atom is -0.410 e. The minimum absolute atomic E-state index is 0.194. The van der Waals surface area contributed by atoms with Crippen LogP contribution in [0.4, 0.5) is 4.39 Å². The Morgan fingerprint density at radius 3 is 2.48 bits per heavy atom. The normalized spacial score (nSPS) is 16.2. The molecule has 0 atom stereocenters. The van der Waals surface area contributed by atoms with Crippen molar-refractivity contribution in [2.75, 3.05) is 19.5 Å². The molecule has 0 aromatic heterocycles. The molecule has 2 aromatic carbocycles. The van der Waals surface area contributed by atoms with E-state index in [2.05, 4.69) is 11.2 Å². The number of hydrogen-bond acceptors (Lipinski definition) is 5. The summed E-state index contributed by atoms with van der Waals surface area (Å²) in [5.74, 6) is 0.177. The van der Waals surface area contributed by atoms with Crippen LogP contribution in [0.25, 0.3) is 0 Å².